The van der Waals surface area contributed by atoms with Crippen LogP contribution in [0.2, 0.25) is 0 Å². The topological polar surface area (TPSA) is 73.5 Å². The number of rotatable bonds is 5. The van der Waals surface area contributed by atoms with E-state index in [1.807, 2.05) is 30.3 Å². The summed E-state index contributed by atoms with van der Waals surface area (Å²) in [7, 11) is 0. The minimum Gasteiger partial charge on any atom is -0.329 e. The minimum absolute atomic E-state index is 0.0593. The molecular weight excluding hydrogens is 367 g/mol. The number of anilines is 1. The minimum atomic E-state index is -1.05. The lowest BCUT2D eigenvalue weighted by Gasteiger charge is -2.22. The van der Waals surface area contributed by atoms with Gasteiger partial charge in [-0.1, -0.05) is 42.5 Å². The molecule has 0 unspecified atom stereocenters. The van der Waals surface area contributed by atoms with Crippen LogP contribution in [0.1, 0.15) is 18.9 Å². The molecule has 6 nitrogen and oxygen atoms in total. The lowest BCUT2D eigenvalue weighted by molar-refractivity contribution is -0.132. The number of urea groups is 1. The molecule has 0 radical (unpaired) electrons. The van der Waals surface area contributed by atoms with E-state index in [1.54, 1.807) is 19.1 Å². The number of carbonyl (C=O) groups is 2. The molecule has 0 spiro atoms. The fraction of sp³-hybridized carbons (Fsp3) is 0.211. The Morgan fingerprint density at radius 1 is 1.15 bits per heavy atom. The third-order valence-corrected chi connectivity index (χ3v) is 4.55. The van der Waals surface area contributed by atoms with Crippen LogP contribution in [0.25, 0.3) is 0 Å². The van der Waals surface area contributed by atoms with Gasteiger partial charge in [-0.3, -0.25) is 10.2 Å². The van der Waals surface area contributed by atoms with Gasteiger partial charge in [0, 0.05) is 0 Å². The van der Waals surface area contributed by atoms with Crippen molar-refractivity contribution >= 4 is 35.0 Å². The Kier molecular flexibility index (Phi) is 5.36. The quantitative estimate of drug-likeness (QED) is 0.544. The number of imide groups is 1. The molecule has 2 aromatic carbocycles. The lowest BCUT2D eigenvalue weighted by Crippen LogP contribution is -2.50. The molecule has 1 heterocycles. The molecule has 1 aliphatic rings. The van der Waals surface area contributed by atoms with Crippen molar-refractivity contribution in [2.45, 2.75) is 25.3 Å². The highest BCUT2D eigenvalue weighted by molar-refractivity contribution is 7.80. The molecular formula is C19H19FN4O2S. The Hall–Kier alpha value is -3.00. The predicted octanol–water partition coefficient (Wildman–Crippen LogP) is 2.97. The van der Waals surface area contributed by atoms with Gasteiger partial charge in [0.25, 0.3) is 5.91 Å². The highest BCUT2D eigenvalue weighted by Crippen LogP contribution is 2.22. The molecule has 27 heavy (non-hydrogen) atoms. The molecule has 2 aromatic rings. The first-order chi connectivity index (χ1) is 12.9. The molecule has 0 saturated carbocycles. The monoisotopic (exact) mass is 386 g/mol. The van der Waals surface area contributed by atoms with E-state index in [4.69, 9.17) is 12.2 Å². The number of para-hydroxylation sites is 1. The Bertz CT molecular complexity index is 877. The summed E-state index contributed by atoms with van der Waals surface area (Å²) in [4.78, 5) is 25.0. The van der Waals surface area contributed by atoms with Crippen molar-refractivity contribution in [1.82, 2.24) is 15.8 Å². The van der Waals surface area contributed by atoms with Crippen LogP contribution in [0.15, 0.2) is 54.6 Å². The molecule has 3 N–H and O–H groups in total. The van der Waals surface area contributed by atoms with Gasteiger partial charge >= 0.3 is 6.03 Å². The Morgan fingerprint density at radius 3 is 2.52 bits per heavy atom. The van der Waals surface area contributed by atoms with E-state index in [9.17, 15) is 14.0 Å². The number of hydrogen-bond donors (Lipinski definition) is 3. The highest BCUT2D eigenvalue weighted by atomic mass is 32.1. The Balaban J connectivity index is 1.63. The van der Waals surface area contributed by atoms with Gasteiger partial charge in [-0.15, -0.1) is 0 Å². The number of hydrogen-bond acceptors (Lipinski definition) is 3. The van der Waals surface area contributed by atoms with E-state index in [1.165, 1.54) is 12.1 Å². The fourth-order valence-corrected chi connectivity index (χ4v) is 3.01. The summed E-state index contributed by atoms with van der Waals surface area (Å²) in [5.41, 5.74) is 2.71. The average molecular weight is 386 g/mol. The molecule has 0 aliphatic carbocycles. The van der Waals surface area contributed by atoms with Gasteiger partial charge in [0.05, 0.1) is 5.69 Å². The maximum atomic E-state index is 13.7. The van der Waals surface area contributed by atoms with Gasteiger partial charge in [-0.2, -0.15) is 5.01 Å². The molecule has 1 atom stereocenters. The van der Waals surface area contributed by atoms with Crippen LogP contribution in [-0.4, -0.2) is 27.6 Å². The third-order valence-electron chi connectivity index (χ3n) is 4.35. The molecule has 1 saturated heterocycles. The van der Waals surface area contributed by atoms with E-state index in [0.29, 0.717) is 12.8 Å². The number of thiocarbonyl (C=S) groups is 1. The number of benzene rings is 2. The van der Waals surface area contributed by atoms with Crippen LogP contribution >= 0.6 is 12.2 Å². The van der Waals surface area contributed by atoms with Crippen LogP contribution in [0, 0.1) is 5.82 Å². The van der Waals surface area contributed by atoms with Crippen molar-refractivity contribution in [1.29, 1.82) is 0 Å². The SMILES string of the molecule is C[C@]1(CCc2ccccc2)NC(=O)N(NC(=S)Nc2ccccc2F)C1=O. The van der Waals surface area contributed by atoms with Crippen LogP contribution in [0.5, 0.6) is 0 Å². The molecule has 3 amide bonds. The summed E-state index contributed by atoms with van der Waals surface area (Å²) in [6.45, 7) is 1.67. The number of carbonyl (C=O) groups excluding carboxylic acids is 2. The molecule has 0 aromatic heterocycles. The normalized spacial score (nSPS) is 19.0. The van der Waals surface area contributed by atoms with Crippen molar-refractivity contribution in [3.8, 4) is 0 Å². The van der Waals surface area contributed by atoms with Gasteiger partial charge in [0.1, 0.15) is 11.4 Å². The maximum Gasteiger partial charge on any atom is 0.344 e. The molecule has 1 aliphatic heterocycles. The van der Waals surface area contributed by atoms with Gasteiger partial charge in [0.2, 0.25) is 0 Å². The number of nitrogens with one attached hydrogen (secondary N) is 3. The average Bonchev–Trinajstić information content (AvgIpc) is 2.86. The van der Waals surface area contributed by atoms with Crippen LogP contribution in [0.4, 0.5) is 14.9 Å². The predicted molar refractivity (Wildman–Crippen MR) is 104 cm³/mol. The summed E-state index contributed by atoms with van der Waals surface area (Å²) >= 11 is 5.09. The zero-order valence-corrected chi connectivity index (χ0v) is 15.5. The first kappa shape index (κ1) is 18.8. The number of amides is 3. The largest absolute Gasteiger partial charge is 0.344 e. The second-order valence-electron chi connectivity index (χ2n) is 6.43. The van der Waals surface area contributed by atoms with Gasteiger partial charge in [-0.05, 0) is 49.7 Å². The fourth-order valence-electron chi connectivity index (χ4n) is 2.81. The summed E-state index contributed by atoms with van der Waals surface area (Å²) in [5, 5.41) is 6.09. The zero-order valence-electron chi connectivity index (χ0n) is 14.7. The number of nitrogens with zero attached hydrogens (tertiary/aromatic N) is 1. The maximum absolute atomic E-state index is 13.7. The second kappa shape index (κ2) is 7.71. The standard InChI is InChI=1S/C19H19FN4O2S/c1-19(12-11-13-7-3-2-4-8-13)16(25)24(18(26)22-19)23-17(27)21-15-10-6-5-9-14(15)20/h2-10H,11-12H2,1H3,(H,22,26)(H2,21,23,27)/t19-/m1/s1. The molecule has 3 rings (SSSR count). The van der Waals surface area contributed by atoms with E-state index < -0.39 is 23.3 Å². The molecule has 1 fully saturated rings. The second-order valence-corrected chi connectivity index (χ2v) is 6.84. The van der Waals surface area contributed by atoms with E-state index in [-0.39, 0.29) is 10.8 Å². The zero-order chi connectivity index (χ0) is 19.4. The first-order valence-electron chi connectivity index (χ1n) is 8.42. The van der Waals surface area contributed by atoms with Crippen LogP contribution in [0.3, 0.4) is 0 Å². The number of aryl methyl sites for hydroxylation is 1. The van der Waals surface area contributed by atoms with E-state index in [2.05, 4.69) is 16.1 Å². The summed E-state index contributed by atoms with van der Waals surface area (Å²) < 4.78 is 13.7. The summed E-state index contributed by atoms with van der Waals surface area (Å²) in [5.74, 6) is -0.937. The Morgan fingerprint density at radius 2 is 1.81 bits per heavy atom. The van der Waals surface area contributed by atoms with Crippen molar-refractivity contribution in [2.24, 2.45) is 0 Å². The van der Waals surface area contributed by atoms with E-state index >= 15 is 0 Å². The van der Waals surface area contributed by atoms with Gasteiger partial charge in [-0.25, -0.2) is 9.18 Å². The van der Waals surface area contributed by atoms with Crippen molar-refractivity contribution in [3.63, 3.8) is 0 Å². The van der Waals surface area contributed by atoms with Gasteiger partial charge < -0.3 is 10.6 Å². The van der Waals surface area contributed by atoms with Gasteiger partial charge in [0.15, 0.2) is 5.11 Å². The summed E-state index contributed by atoms with van der Waals surface area (Å²) in [6.07, 6.45) is 1.07. The first-order valence-corrected chi connectivity index (χ1v) is 8.83. The molecule has 0 bridgehead atoms. The molecule has 8 heteroatoms. The van der Waals surface area contributed by atoms with Crippen LogP contribution in [-0.2, 0) is 11.2 Å². The number of hydrazine groups is 1. The van der Waals surface area contributed by atoms with Crippen molar-refractivity contribution < 1.29 is 14.0 Å². The Labute approximate surface area is 161 Å². The number of halogens is 1. The van der Waals surface area contributed by atoms with Crippen molar-refractivity contribution in [3.05, 3.63) is 66.0 Å². The molecule has 140 valence electrons. The smallest absolute Gasteiger partial charge is 0.329 e. The third kappa shape index (κ3) is 4.22. The van der Waals surface area contributed by atoms with E-state index in [0.717, 1.165) is 10.6 Å². The van der Waals surface area contributed by atoms with Crippen LogP contribution < -0.4 is 16.1 Å². The highest BCUT2D eigenvalue weighted by Gasteiger charge is 2.48. The van der Waals surface area contributed by atoms with Crippen molar-refractivity contribution in [2.75, 3.05) is 5.32 Å². The lowest BCUT2D eigenvalue weighted by atomic mass is 9.93. The summed E-state index contributed by atoms with van der Waals surface area (Å²) in [6, 6.07) is 15.1.